The van der Waals surface area contributed by atoms with Gasteiger partial charge in [-0.1, -0.05) is 0 Å². The van der Waals surface area contributed by atoms with Gasteiger partial charge in [0.2, 0.25) is 0 Å². The Bertz CT molecular complexity index is 853. The van der Waals surface area contributed by atoms with Crippen LogP contribution in [0.15, 0.2) is 23.9 Å². The maximum atomic E-state index is 12.0. The van der Waals surface area contributed by atoms with Crippen LogP contribution in [0, 0.1) is 25.2 Å². The van der Waals surface area contributed by atoms with Gasteiger partial charge < -0.3 is 14.0 Å². The molecule has 0 atom stereocenters. The molecule has 0 aromatic carbocycles. The van der Waals surface area contributed by atoms with Crippen LogP contribution in [-0.2, 0) is 14.3 Å². The monoisotopic (exact) mass is 356 g/mol. The summed E-state index contributed by atoms with van der Waals surface area (Å²) in [6.07, 6.45) is 3.32. The number of carbonyl (C=O) groups excluding carboxylic acids is 1. The molecule has 0 aliphatic heterocycles. The molecule has 0 bridgehead atoms. The predicted molar refractivity (Wildman–Crippen MR) is 97.8 cm³/mol. The number of aromatic nitrogens is 3. The minimum absolute atomic E-state index is 0.0429. The van der Waals surface area contributed by atoms with Gasteiger partial charge in [-0.05, 0) is 45.4 Å². The molecule has 2 rings (SSSR count). The first-order valence-corrected chi connectivity index (χ1v) is 8.41. The molecule has 2 aromatic rings. The van der Waals surface area contributed by atoms with Gasteiger partial charge in [0.25, 0.3) is 0 Å². The third-order valence-electron chi connectivity index (χ3n) is 4.00. The lowest BCUT2D eigenvalue weighted by molar-refractivity contribution is -0.139. The predicted octanol–water partition coefficient (Wildman–Crippen LogP) is 2.97. The minimum Gasteiger partial charge on any atom is -0.459 e. The van der Waals surface area contributed by atoms with E-state index in [1.165, 1.54) is 7.11 Å². The summed E-state index contributed by atoms with van der Waals surface area (Å²) in [4.78, 5) is 12.0. The molecule has 7 heteroatoms. The van der Waals surface area contributed by atoms with E-state index >= 15 is 0 Å². The molecule has 0 saturated heterocycles. The van der Waals surface area contributed by atoms with Crippen LogP contribution in [-0.4, -0.2) is 40.6 Å². The van der Waals surface area contributed by atoms with Crippen molar-refractivity contribution in [2.24, 2.45) is 0 Å². The second kappa shape index (κ2) is 8.50. The summed E-state index contributed by atoms with van der Waals surface area (Å²) in [6.45, 7) is 8.45. The van der Waals surface area contributed by atoms with Gasteiger partial charge in [-0.15, -0.1) is 0 Å². The van der Waals surface area contributed by atoms with Crippen LogP contribution in [0.4, 0.5) is 0 Å². The largest absolute Gasteiger partial charge is 0.459 e. The van der Waals surface area contributed by atoms with Gasteiger partial charge in [-0.2, -0.15) is 10.4 Å². The molecule has 138 valence electrons. The zero-order valence-corrected chi connectivity index (χ0v) is 15.8. The van der Waals surface area contributed by atoms with Crippen molar-refractivity contribution in [2.75, 3.05) is 20.3 Å². The molecular weight excluding hydrogens is 332 g/mol. The third kappa shape index (κ3) is 4.03. The first-order chi connectivity index (χ1) is 12.4. The summed E-state index contributed by atoms with van der Waals surface area (Å²) < 4.78 is 13.9. The quantitative estimate of drug-likeness (QED) is 0.330. The Morgan fingerprint density at radius 1 is 1.38 bits per heavy atom. The van der Waals surface area contributed by atoms with Crippen molar-refractivity contribution in [2.45, 2.75) is 33.7 Å². The molecule has 0 fully saturated rings. The number of nitriles is 1. The Labute approximate surface area is 153 Å². The lowest BCUT2D eigenvalue weighted by Gasteiger charge is -2.15. The van der Waals surface area contributed by atoms with E-state index < -0.39 is 5.97 Å². The molecule has 7 nitrogen and oxygen atoms in total. The first kappa shape index (κ1) is 19.5. The van der Waals surface area contributed by atoms with Crippen molar-refractivity contribution >= 4 is 12.0 Å². The number of carbonyl (C=O) groups is 1. The summed E-state index contributed by atoms with van der Waals surface area (Å²) in [5.41, 5.74) is 2.65. The highest BCUT2D eigenvalue weighted by atomic mass is 16.6. The topological polar surface area (TPSA) is 82.1 Å². The molecule has 0 amide bonds. The number of esters is 1. The minimum atomic E-state index is -0.651. The Kier molecular flexibility index (Phi) is 6.36. The van der Waals surface area contributed by atoms with E-state index in [0.717, 1.165) is 22.8 Å². The fraction of sp³-hybridized carbons (Fsp3) is 0.421. The van der Waals surface area contributed by atoms with E-state index in [-0.39, 0.29) is 24.8 Å². The van der Waals surface area contributed by atoms with Gasteiger partial charge >= 0.3 is 5.97 Å². The maximum absolute atomic E-state index is 12.0. The van der Waals surface area contributed by atoms with E-state index in [4.69, 9.17) is 9.47 Å². The second-order valence-corrected chi connectivity index (χ2v) is 6.19. The average molecular weight is 356 g/mol. The van der Waals surface area contributed by atoms with Gasteiger partial charge in [0.05, 0.1) is 12.8 Å². The van der Waals surface area contributed by atoms with Crippen LogP contribution in [0.2, 0.25) is 0 Å². The number of hydrogen-bond donors (Lipinski definition) is 0. The van der Waals surface area contributed by atoms with Crippen molar-refractivity contribution < 1.29 is 14.3 Å². The van der Waals surface area contributed by atoms with Crippen molar-refractivity contribution in [1.29, 1.82) is 5.26 Å². The molecule has 0 aliphatic carbocycles. The van der Waals surface area contributed by atoms with Crippen LogP contribution in [0.5, 0.6) is 0 Å². The Morgan fingerprint density at radius 3 is 2.73 bits per heavy atom. The molecule has 0 unspecified atom stereocenters. The highest BCUT2D eigenvalue weighted by Crippen LogP contribution is 2.24. The van der Waals surface area contributed by atoms with Gasteiger partial charge in [0.1, 0.15) is 24.1 Å². The summed E-state index contributed by atoms with van der Waals surface area (Å²) >= 11 is 0. The van der Waals surface area contributed by atoms with Crippen molar-refractivity contribution in [3.63, 3.8) is 0 Å². The number of rotatable bonds is 7. The Balaban J connectivity index is 2.39. The third-order valence-corrected chi connectivity index (χ3v) is 4.00. The molecule has 26 heavy (non-hydrogen) atoms. The molecule has 2 aromatic heterocycles. The average Bonchev–Trinajstić information content (AvgIpc) is 3.17. The Hall–Kier alpha value is -2.85. The smallest absolute Gasteiger partial charge is 0.348 e. The summed E-state index contributed by atoms with van der Waals surface area (Å²) in [7, 11) is 1.52. The number of methoxy groups -OCH3 is 1. The lowest BCUT2D eigenvalue weighted by atomic mass is 10.1. The number of hydrogen-bond acceptors (Lipinski definition) is 5. The molecular formula is C19H24N4O3. The van der Waals surface area contributed by atoms with Crippen molar-refractivity contribution in [3.05, 3.63) is 40.9 Å². The van der Waals surface area contributed by atoms with E-state index in [2.05, 4.69) is 23.5 Å². The zero-order chi connectivity index (χ0) is 19.3. The second-order valence-electron chi connectivity index (χ2n) is 6.19. The first-order valence-electron chi connectivity index (χ1n) is 8.41. The summed E-state index contributed by atoms with van der Waals surface area (Å²) in [5.74, 6) is 0.289. The van der Waals surface area contributed by atoms with E-state index in [0.29, 0.717) is 0 Å². The molecule has 0 spiro atoms. The number of aryl methyl sites for hydroxylation is 1. The van der Waals surface area contributed by atoms with Crippen LogP contribution >= 0.6 is 0 Å². The Morgan fingerprint density at radius 2 is 2.12 bits per heavy atom. The highest BCUT2D eigenvalue weighted by Gasteiger charge is 2.17. The summed E-state index contributed by atoms with van der Waals surface area (Å²) in [5, 5.41) is 13.7. The number of ether oxygens (including phenoxy) is 2. The zero-order valence-electron chi connectivity index (χ0n) is 15.8. The van der Waals surface area contributed by atoms with Crippen molar-refractivity contribution in [1.82, 2.24) is 14.3 Å². The van der Waals surface area contributed by atoms with Gasteiger partial charge in [0.15, 0.2) is 0 Å². The normalized spacial score (nSPS) is 11.7. The van der Waals surface area contributed by atoms with Crippen LogP contribution in [0.3, 0.4) is 0 Å². The van der Waals surface area contributed by atoms with Gasteiger partial charge in [-0.25, -0.2) is 9.48 Å². The molecule has 0 radical (unpaired) electrons. The fourth-order valence-corrected chi connectivity index (χ4v) is 2.76. The molecule has 0 N–H and O–H groups in total. The molecule has 0 aliphatic rings. The highest BCUT2D eigenvalue weighted by molar-refractivity contribution is 5.98. The standard InChI is InChI=1S/C19H24N4O3/c1-13(2)23-18(6-7-21-23)22-14(3)10-16(15(22)4)11-17(12-20)19(24)26-9-8-25-5/h6-7,10-11,13H,8-9H2,1-5H3/b17-11+. The van der Waals surface area contributed by atoms with Crippen LogP contribution in [0.1, 0.15) is 36.8 Å². The van der Waals surface area contributed by atoms with Crippen LogP contribution in [0.25, 0.3) is 11.9 Å². The SMILES string of the molecule is COCCOC(=O)/C(C#N)=C/c1cc(C)n(-c2ccnn2C(C)C)c1C. The van der Waals surface area contributed by atoms with Crippen LogP contribution < -0.4 is 0 Å². The number of nitrogens with zero attached hydrogens (tertiary/aromatic N) is 4. The fourth-order valence-electron chi connectivity index (χ4n) is 2.76. The van der Waals surface area contributed by atoms with Gasteiger partial charge in [0, 0.05) is 30.6 Å². The van der Waals surface area contributed by atoms with Crippen molar-refractivity contribution in [3.8, 4) is 11.9 Å². The van der Waals surface area contributed by atoms with E-state index in [1.54, 1.807) is 12.3 Å². The maximum Gasteiger partial charge on any atom is 0.348 e. The van der Waals surface area contributed by atoms with E-state index in [1.807, 2.05) is 36.7 Å². The van der Waals surface area contributed by atoms with E-state index in [9.17, 15) is 10.1 Å². The van der Waals surface area contributed by atoms with Gasteiger partial charge in [-0.3, -0.25) is 0 Å². The summed E-state index contributed by atoms with van der Waals surface area (Å²) in [6, 6.07) is 6.01. The molecule has 0 saturated carbocycles. The lowest BCUT2D eigenvalue weighted by Crippen LogP contribution is -2.12. The molecule has 2 heterocycles.